The van der Waals surface area contributed by atoms with Gasteiger partial charge in [-0.1, -0.05) is 38.1 Å². The third-order valence-electron chi connectivity index (χ3n) is 3.57. The van der Waals surface area contributed by atoms with Gasteiger partial charge >= 0.3 is 0 Å². The van der Waals surface area contributed by atoms with Gasteiger partial charge in [-0.3, -0.25) is 11.3 Å². The van der Waals surface area contributed by atoms with Gasteiger partial charge in [0.1, 0.15) is 11.6 Å². The first-order valence-electron chi connectivity index (χ1n) is 7.00. The first-order valence-corrected chi connectivity index (χ1v) is 7.00. The number of halogens is 2. The summed E-state index contributed by atoms with van der Waals surface area (Å²) in [6, 6.07) is 11.4. The molecule has 0 aromatic heterocycles. The van der Waals surface area contributed by atoms with Gasteiger partial charge in [0, 0.05) is 12.1 Å². The fourth-order valence-corrected chi connectivity index (χ4v) is 2.35. The first kappa shape index (κ1) is 15.6. The van der Waals surface area contributed by atoms with Crippen molar-refractivity contribution < 1.29 is 8.78 Å². The fourth-order valence-electron chi connectivity index (χ4n) is 2.35. The highest BCUT2D eigenvalue weighted by atomic mass is 19.1. The Morgan fingerprint density at radius 3 is 1.95 bits per heavy atom. The molecule has 1 unspecified atom stereocenters. The van der Waals surface area contributed by atoms with E-state index in [0.29, 0.717) is 17.9 Å². The summed E-state index contributed by atoms with van der Waals surface area (Å²) in [5.41, 5.74) is 5.52. The van der Waals surface area contributed by atoms with Crippen LogP contribution in [0, 0.1) is 11.6 Å². The van der Waals surface area contributed by atoms with E-state index >= 15 is 0 Å². The Morgan fingerprint density at radius 1 is 0.952 bits per heavy atom. The average molecular weight is 290 g/mol. The van der Waals surface area contributed by atoms with E-state index in [9.17, 15) is 8.78 Å². The molecular formula is C17H20F2N2. The predicted molar refractivity (Wildman–Crippen MR) is 80.7 cm³/mol. The van der Waals surface area contributed by atoms with Crippen molar-refractivity contribution >= 4 is 0 Å². The summed E-state index contributed by atoms with van der Waals surface area (Å²) in [7, 11) is 0. The van der Waals surface area contributed by atoms with Crippen LogP contribution in [0.25, 0.3) is 0 Å². The van der Waals surface area contributed by atoms with E-state index in [1.54, 1.807) is 0 Å². The van der Waals surface area contributed by atoms with Crippen molar-refractivity contribution in [2.75, 3.05) is 0 Å². The lowest BCUT2D eigenvalue weighted by molar-refractivity contribution is 0.540. The van der Waals surface area contributed by atoms with E-state index in [-0.39, 0.29) is 6.04 Å². The maximum absolute atomic E-state index is 13.2. The molecular weight excluding hydrogens is 270 g/mol. The van der Waals surface area contributed by atoms with E-state index in [1.807, 2.05) is 12.1 Å². The molecule has 112 valence electrons. The molecule has 0 aliphatic rings. The maximum atomic E-state index is 13.2. The van der Waals surface area contributed by atoms with Gasteiger partial charge in [-0.05, 0) is 41.2 Å². The smallest absolute Gasteiger partial charge is 0.126 e. The molecule has 0 heterocycles. The maximum Gasteiger partial charge on any atom is 0.126 e. The minimum absolute atomic E-state index is 0.188. The monoisotopic (exact) mass is 290 g/mol. The summed E-state index contributed by atoms with van der Waals surface area (Å²) in [6.07, 6.45) is 0.423. The van der Waals surface area contributed by atoms with E-state index in [4.69, 9.17) is 5.84 Å². The molecule has 2 aromatic carbocycles. The van der Waals surface area contributed by atoms with E-state index in [2.05, 4.69) is 31.4 Å². The van der Waals surface area contributed by atoms with Crippen LogP contribution in [0.15, 0.2) is 42.5 Å². The summed E-state index contributed by atoms with van der Waals surface area (Å²) >= 11 is 0. The number of hydrogen-bond acceptors (Lipinski definition) is 2. The van der Waals surface area contributed by atoms with Crippen molar-refractivity contribution in [3.63, 3.8) is 0 Å². The van der Waals surface area contributed by atoms with E-state index < -0.39 is 11.6 Å². The van der Waals surface area contributed by atoms with Crippen molar-refractivity contribution in [2.45, 2.75) is 32.2 Å². The molecule has 0 fully saturated rings. The van der Waals surface area contributed by atoms with Crippen LogP contribution < -0.4 is 11.3 Å². The Kier molecular flexibility index (Phi) is 5.04. The van der Waals surface area contributed by atoms with Crippen molar-refractivity contribution in [3.8, 4) is 0 Å². The lowest BCUT2D eigenvalue weighted by Gasteiger charge is -2.17. The molecule has 2 rings (SSSR count). The lowest BCUT2D eigenvalue weighted by atomic mass is 9.96. The molecule has 3 N–H and O–H groups in total. The summed E-state index contributed by atoms with van der Waals surface area (Å²) in [6.45, 7) is 4.26. The zero-order chi connectivity index (χ0) is 15.4. The minimum Gasteiger partial charge on any atom is -0.271 e. The summed E-state index contributed by atoms with van der Waals surface area (Å²) in [5.74, 6) is 4.90. The van der Waals surface area contributed by atoms with Gasteiger partial charge < -0.3 is 0 Å². The highest BCUT2D eigenvalue weighted by molar-refractivity contribution is 5.29. The zero-order valence-corrected chi connectivity index (χ0v) is 12.2. The van der Waals surface area contributed by atoms with Gasteiger partial charge in [-0.15, -0.1) is 0 Å². The molecule has 0 bridgehead atoms. The van der Waals surface area contributed by atoms with Gasteiger partial charge in [0.2, 0.25) is 0 Å². The van der Waals surface area contributed by atoms with Gasteiger partial charge in [0.05, 0.1) is 0 Å². The topological polar surface area (TPSA) is 38.0 Å². The van der Waals surface area contributed by atoms with Crippen molar-refractivity contribution in [3.05, 3.63) is 70.8 Å². The second-order valence-electron chi connectivity index (χ2n) is 5.52. The third-order valence-corrected chi connectivity index (χ3v) is 3.57. The van der Waals surface area contributed by atoms with Crippen molar-refractivity contribution in [1.29, 1.82) is 0 Å². The molecule has 0 spiro atoms. The van der Waals surface area contributed by atoms with Crippen LogP contribution >= 0.6 is 0 Å². The Hall–Kier alpha value is -1.78. The standard InChI is InChI=1S/C17H20F2N2/c1-11(2)13-3-5-14(6-4-13)17(21-20)9-12-7-15(18)10-16(19)8-12/h3-8,10-11,17,21H,9,20H2,1-2H3. The molecule has 0 amide bonds. The molecule has 2 nitrogen and oxygen atoms in total. The lowest BCUT2D eigenvalue weighted by Crippen LogP contribution is -2.29. The molecule has 4 heteroatoms. The molecule has 0 aliphatic heterocycles. The van der Waals surface area contributed by atoms with Crippen LogP contribution in [0.1, 0.15) is 42.5 Å². The number of nitrogens with two attached hydrogens (primary N) is 1. The Morgan fingerprint density at radius 2 is 1.48 bits per heavy atom. The predicted octanol–water partition coefficient (Wildman–Crippen LogP) is 3.84. The van der Waals surface area contributed by atoms with Gasteiger partial charge in [0.25, 0.3) is 0 Å². The van der Waals surface area contributed by atoms with Gasteiger partial charge in [-0.25, -0.2) is 8.78 Å². The average Bonchev–Trinajstić information content (AvgIpc) is 2.44. The number of hydrazine groups is 1. The molecule has 1 atom stereocenters. The highest BCUT2D eigenvalue weighted by Gasteiger charge is 2.12. The van der Waals surface area contributed by atoms with E-state index in [1.165, 1.54) is 17.7 Å². The number of hydrogen-bond donors (Lipinski definition) is 2. The number of nitrogens with one attached hydrogen (secondary N) is 1. The molecule has 21 heavy (non-hydrogen) atoms. The Balaban J connectivity index is 2.19. The quantitative estimate of drug-likeness (QED) is 0.648. The van der Waals surface area contributed by atoms with Crippen LogP contribution in [0.2, 0.25) is 0 Å². The second-order valence-corrected chi connectivity index (χ2v) is 5.52. The molecule has 0 saturated carbocycles. The Bertz CT molecular complexity index is 574. The molecule has 0 saturated heterocycles. The number of rotatable bonds is 5. The number of benzene rings is 2. The van der Waals surface area contributed by atoms with Crippen LogP contribution in [0.4, 0.5) is 8.78 Å². The van der Waals surface area contributed by atoms with Crippen molar-refractivity contribution in [1.82, 2.24) is 5.43 Å². The fraction of sp³-hybridized carbons (Fsp3) is 0.294. The Labute approximate surface area is 124 Å². The normalized spacial score (nSPS) is 12.7. The molecule has 2 aromatic rings. The van der Waals surface area contributed by atoms with Crippen LogP contribution in [0.5, 0.6) is 0 Å². The van der Waals surface area contributed by atoms with Crippen LogP contribution in [0.3, 0.4) is 0 Å². The first-order chi connectivity index (χ1) is 9.99. The van der Waals surface area contributed by atoms with Gasteiger partial charge in [-0.2, -0.15) is 0 Å². The third kappa shape index (κ3) is 4.09. The molecule has 0 aliphatic carbocycles. The van der Waals surface area contributed by atoms with Crippen LogP contribution in [-0.4, -0.2) is 0 Å². The summed E-state index contributed by atoms with van der Waals surface area (Å²) in [4.78, 5) is 0. The van der Waals surface area contributed by atoms with Crippen LogP contribution in [-0.2, 0) is 6.42 Å². The second kappa shape index (κ2) is 6.78. The summed E-state index contributed by atoms with van der Waals surface area (Å²) < 4.78 is 26.5. The molecule has 0 radical (unpaired) electrons. The summed E-state index contributed by atoms with van der Waals surface area (Å²) in [5, 5.41) is 0. The highest BCUT2D eigenvalue weighted by Crippen LogP contribution is 2.22. The van der Waals surface area contributed by atoms with Crippen molar-refractivity contribution in [2.24, 2.45) is 5.84 Å². The minimum atomic E-state index is -0.573. The zero-order valence-electron chi connectivity index (χ0n) is 12.2. The SMILES string of the molecule is CC(C)c1ccc(C(Cc2cc(F)cc(F)c2)NN)cc1. The van der Waals surface area contributed by atoms with E-state index in [0.717, 1.165) is 11.6 Å². The van der Waals surface area contributed by atoms with Gasteiger partial charge in [0.15, 0.2) is 0 Å². The largest absolute Gasteiger partial charge is 0.271 e.